The third-order valence-electron chi connectivity index (χ3n) is 4.62. The Labute approximate surface area is 169 Å². The van der Waals surface area contributed by atoms with E-state index in [2.05, 4.69) is 20.9 Å². The van der Waals surface area contributed by atoms with Crippen molar-refractivity contribution in [3.05, 3.63) is 90.5 Å². The maximum absolute atomic E-state index is 12.4. The highest BCUT2D eigenvalue weighted by Crippen LogP contribution is 2.17. The quantitative estimate of drug-likeness (QED) is 0.467. The zero-order chi connectivity index (χ0) is 19.9. The van der Waals surface area contributed by atoms with E-state index in [0.717, 1.165) is 35.6 Å². The lowest BCUT2D eigenvalue weighted by Crippen LogP contribution is -2.25. The standard InChI is InChI=1S/C23H22N4O2/c28-23(18-11-13-24-14-12-18)25-17-22-26-20-9-4-5-10-21(20)27(22)15-6-16-29-19-7-2-1-3-8-19/h1-5,7-14H,6,15-17H2,(H,25,28). The van der Waals surface area contributed by atoms with Crippen LogP contribution in [-0.2, 0) is 13.1 Å². The topological polar surface area (TPSA) is 69.0 Å². The largest absolute Gasteiger partial charge is 0.494 e. The van der Waals surface area contributed by atoms with Crippen molar-refractivity contribution in [2.45, 2.75) is 19.5 Å². The van der Waals surface area contributed by atoms with Crippen LogP contribution in [0.15, 0.2) is 79.1 Å². The lowest BCUT2D eigenvalue weighted by atomic mass is 10.2. The number of pyridine rings is 1. The zero-order valence-corrected chi connectivity index (χ0v) is 16.0. The van der Waals surface area contributed by atoms with Crippen LogP contribution in [-0.4, -0.2) is 27.0 Å². The number of carbonyl (C=O) groups is 1. The number of aryl methyl sites for hydroxylation is 1. The molecule has 1 N–H and O–H groups in total. The van der Waals surface area contributed by atoms with Gasteiger partial charge in [-0.3, -0.25) is 9.78 Å². The first kappa shape index (κ1) is 18.7. The predicted octanol–water partition coefficient (Wildman–Crippen LogP) is 3.83. The van der Waals surface area contributed by atoms with Crippen molar-refractivity contribution < 1.29 is 9.53 Å². The average Bonchev–Trinajstić information content (AvgIpc) is 3.14. The number of carbonyl (C=O) groups excluding carboxylic acids is 1. The molecule has 2 aromatic heterocycles. The molecule has 2 heterocycles. The van der Waals surface area contributed by atoms with Crippen molar-refractivity contribution in [2.24, 2.45) is 0 Å². The molecule has 6 heteroatoms. The van der Waals surface area contributed by atoms with Gasteiger partial charge in [-0.25, -0.2) is 4.98 Å². The summed E-state index contributed by atoms with van der Waals surface area (Å²) in [6.45, 7) is 1.72. The predicted molar refractivity (Wildman–Crippen MR) is 112 cm³/mol. The van der Waals surface area contributed by atoms with E-state index >= 15 is 0 Å². The number of benzene rings is 2. The van der Waals surface area contributed by atoms with Crippen LogP contribution in [0.2, 0.25) is 0 Å². The van der Waals surface area contributed by atoms with Gasteiger partial charge in [-0.15, -0.1) is 0 Å². The minimum atomic E-state index is -0.140. The molecule has 0 bridgehead atoms. The van der Waals surface area contributed by atoms with E-state index in [9.17, 15) is 4.79 Å². The highest BCUT2D eigenvalue weighted by atomic mass is 16.5. The first-order chi connectivity index (χ1) is 14.3. The van der Waals surface area contributed by atoms with Crippen LogP contribution in [0.1, 0.15) is 22.6 Å². The molecule has 0 saturated heterocycles. The number of hydrogen-bond acceptors (Lipinski definition) is 4. The summed E-state index contributed by atoms with van der Waals surface area (Å²) in [7, 11) is 0. The molecule has 0 atom stereocenters. The number of rotatable bonds is 8. The van der Waals surface area contributed by atoms with Gasteiger partial charge in [0.1, 0.15) is 11.6 Å². The number of aromatic nitrogens is 3. The molecule has 4 aromatic rings. The minimum absolute atomic E-state index is 0.140. The second-order valence-electron chi connectivity index (χ2n) is 6.60. The van der Waals surface area contributed by atoms with Crippen LogP contribution < -0.4 is 10.1 Å². The molecule has 0 radical (unpaired) electrons. The molecule has 0 saturated carbocycles. The monoisotopic (exact) mass is 386 g/mol. The molecular weight excluding hydrogens is 364 g/mol. The smallest absolute Gasteiger partial charge is 0.251 e. The maximum atomic E-state index is 12.4. The fourth-order valence-electron chi connectivity index (χ4n) is 3.20. The Morgan fingerprint density at radius 1 is 0.966 bits per heavy atom. The second kappa shape index (κ2) is 9.01. The van der Waals surface area contributed by atoms with E-state index in [-0.39, 0.29) is 5.91 Å². The molecule has 146 valence electrons. The highest BCUT2D eigenvalue weighted by Gasteiger charge is 2.12. The Hall–Kier alpha value is -3.67. The summed E-state index contributed by atoms with van der Waals surface area (Å²) in [6, 6.07) is 21.2. The van der Waals surface area contributed by atoms with Crippen LogP contribution in [0, 0.1) is 0 Å². The van der Waals surface area contributed by atoms with Gasteiger partial charge in [0, 0.05) is 24.5 Å². The molecule has 1 amide bonds. The molecule has 0 unspecified atom stereocenters. The average molecular weight is 386 g/mol. The third-order valence-corrected chi connectivity index (χ3v) is 4.62. The number of para-hydroxylation sites is 3. The molecule has 0 spiro atoms. The molecule has 0 aliphatic carbocycles. The Bertz CT molecular complexity index is 1080. The number of ether oxygens (including phenoxy) is 1. The summed E-state index contributed by atoms with van der Waals surface area (Å²) in [5.41, 5.74) is 2.56. The Morgan fingerprint density at radius 2 is 1.72 bits per heavy atom. The Kier molecular flexibility index (Phi) is 5.81. The van der Waals surface area contributed by atoms with Gasteiger partial charge in [0.15, 0.2) is 0 Å². The second-order valence-corrected chi connectivity index (χ2v) is 6.60. The van der Waals surface area contributed by atoms with Crippen molar-refractivity contribution in [2.75, 3.05) is 6.61 Å². The maximum Gasteiger partial charge on any atom is 0.251 e. The molecular formula is C23H22N4O2. The van der Waals surface area contributed by atoms with Crippen molar-refractivity contribution in [3.63, 3.8) is 0 Å². The summed E-state index contributed by atoms with van der Waals surface area (Å²) < 4.78 is 7.95. The van der Waals surface area contributed by atoms with Crippen molar-refractivity contribution >= 4 is 16.9 Å². The van der Waals surface area contributed by atoms with E-state index in [4.69, 9.17) is 9.72 Å². The lowest BCUT2D eigenvalue weighted by Gasteiger charge is -2.11. The molecule has 6 nitrogen and oxygen atoms in total. The number of fused-ring (bicyclic) bond motifs is 1. The summed E-state index contributed by atoms with van der Waals surface area (Å²) in [4.78, 5) is 21.0. The van der Waals surface area contributed by atoms with E-state index in [0.29, 0.717) is 18.7 Å². The normalized spacial score (nSPS) is 10.8. The number of nitrogens with one attached hydrogen (secondary N) is 1. The van der Waals surface area contributed by atoms with Crippen LogP contribution >= 0.6 is 0 Å². The minimum Gasteiger partial charge on any atom is -0.494 e. The summed E-state index contributed by atoms with van der Waals surface area (Å²) in [6.07, 6.45) is 4.05. The first-order valence-electron chi connectivity index (χ1n) is 9.61. The van der Waals surface area contributed by atoms with E-state index in [1.807, 2.05) is 48.5 Å². The SMILES string of the molecule is O=C(NCc1nc2ccccc2n1CCCOc1ccccc1)c1ccncc1. The molecule has 0 fully saturated rings. The summed E-state index contributed by atoms with van der Waals surface area (Å²) in [5.74, 6) is 1.56. The number of nitrogens with zero attached hydrogens (tertiary/aromatic N) is 3. The Morgan fingerprint density at radius 3 is 2.55 bits per heavy atom. The van der Waals surface area contributed by atoms with Crippen molar-refractivity contribution in [3.8, 4) is 5.75 Å². The summed E-state index contributed by atoms with van der Waals surface area (Å²) >= 11 is 0. The van der Waals surface area contributed by atoms with Gasteiger partial charge in [-0.1, -0.05) is 30.3 Å². The van der Waals surface area contributed by atoms with Crippen LogP contribution in [0.5, 0.6) is 5.75 Å². The van der Waals surface area contributed by atoms with Crippen LogP contribution in [0.3, 0.4) is 0 Å². The van der Waals surface area contributed by atoms with E-state index in [1.165, 1.54) is 0 Å². The molecule has 4 rings (SSSR count). The summed E-state index contributed by atoms with van der Waals surface area (Å²) in [5, 5.41) is 2.95. The molecule has 29 heavy (non-hydrogen) atoms. The van der Waals surface area contributed by atoms with Gasteiger partial charge >= 0.3 is 0 Å². The van der Waals surface area contributed by atoms with Gasteiger partial charge in [0.05, 0.1) is 24.2 Å². The van der Waals surface area contributed by atoms with Crippen LogP contribution in [0.25, 0.3) is 11.0 Å². The van der Waals surface area contributed by atoms with Crippen LogP contribution in [0.4, 0.5) is 0 Å². The Balaban J connectivity index is 1.43. The van der Waals surface area contributed by atoms with Gasteiger partial charge < -0.3 is 14.6 Å². The molecule has 0 aliphatic heterocycles. The van der Waals surface area contributed by atoms with Gasteiger partial charge in [-0.2, -0.15) is 0 Å². The number of amides is 1. The number of imidazole rings is 1. The first-order valence-corrected chi connectivity index (χ1v) is 9.61. The lowest BCUT2D eigenvalue weighted by molar-refractivity contribution is 0.0949. The van der Waals surface area contributed by atoms with E-state index < -0.39 is 0 Å². The fourth-order valence-corrected chi connectivity index (χ4v) is 3.20. The number of hydrogen-bond donors (Lipinski definition) is 1. The third kappa shape index (κ3) is 4.60. The van der Waals surface area contributed by atoms with E-state index in [1.54, 1.807) is 24.5 Å². The molecule has 0 aliphatic rings. The van der Waals surface area contributed by atoms with Gasteiger partial charge in [0.25, 0.3) is 5.91 Å². The molecule has 2 aromatic carbocycles. The highest BCUT2D eigenvalue weighted by molar-refractivity contribution is 5.93. The van der Waals surface area contributed by atoms with Gasteiger partial charge in [0.2, 0.25) is 0 Å². The van der Waals surface area contributed by atoms with Crippen molar-refractivity contribution in [1.29, 1.82) is 0 Å². The fraction of sp³-hybridized carbons (Fsp3) is 0.174. The van der Waals surface area contributed by atoms with Crippen molar-refractivity contribution in [1.82, 2.24) is 19.9 Å². The zero-order valence-electron chi connectivity index (χ0n) is 16.0. The van der Waals surface area contributed by atoms with Gasteiger partial charge in [-0.05, 0) is 42.8 Å².